The third kappa shape index (κ3) is 3.75. The molecule has 3 rings (SSSR count). The first kappa shape index (κ1) is 16.9. The Kier molecular flexibility index (Phi) is 5.14. The van der Waals surface area contributed by atoms with Gasteiger partial charge in [0.05, 0.1) is 16.6 Å². The van der Waals surface area contributed by atoms with Crippen LogP contribution in [0.1, 0.15) is 26.8 Å². The molecule has 1 unspecified atom stereocenters. The first-order valence-electron chi connectivity index (χ1n) is 6.95. The van der Waals surface area contributed by atoms with Gasteiger partial charge in [0, 0.05) is 11.1 Å². The lowest BCUT2D eigenvalue weighted by molar-refractivity contribution is 0.0943. The van der Waals surface area contributed by atoms with Crippen molar-refractivity contribution < 1.29 is 9.18 Å². The molecule has 0 bridgehead atoms. The number of amides is 1. The maximum absolute atomic E-state index is 13.2. The summed E-state index contributed by atoms with van der Waals surface area (Å²) in [4.78, 5) is 17.3. The van der Waals surface area contributed by atoms with E-state index in [0.717, 1.165) is 10.4 Å². The molecule has 2 aromatic heterocycles. The topological polar surface area (TPSA) is 42.0 Å². The molecule has 24 heavy (non-hydrogen) atoms. The molecule has 1 N–H and O–H groups in total. The maximum Gasteiger partial charge on any atom is 0.253 e. The van der Waals surface area contributed by atoms with Crippen LogP contribution in [0.2, 0.25) is 10.2 Å². The third-order valence-electron chi connectivity index (χ3n) is 3.36. The van der Waals surface area contributed by atoms with E-state index in [1.54, 1.807) is 12.1 Å². The predicted molar refractivity (Wildman–Crippen MR) is 94.3 cm³/mol. The van der Waals surface area contributed by atoms with Gasteiger partial charge in [0.25, 0.3) is 5.91 Å². The molecule has 1 amide bonds. The first-order chi connectivity index (χ1) is 11.5. The number of carbonyl (C=O) groups excluding carboxylic acids is 1. The summed E-state index contributed by atoms with van der Waals surface area (Å²) >= 11 is 13.2. The van der Waals surface area contributed by atoms with Crippen molar-refractivity contribution in [1.29, 1.82) is 0 Å². The number of thiophene rings is 1. The zero-order valence-corrected chi connectivity index (χ0v) is 14.5. The largest absolute Gasteiger partial charge is 0.340 e. The van der Waals surface area contributed by atoms with E-state index in [2.05, 4.69) is 10.3 Å². The van der Waals surface area contributed by atoms with Crippen LogP contribution in [0.3, 0.4) is 0 Å². The Morgan fingerprint density at radius 3 is 2.58 bits per heavy atom. The molecule has 7 heteroatoms. The number of nitrogens with zero attached hydrogens (tertiary/aromatic N) is 1. The van der Waals surface area contributed by atoms with E-state index in [4.69, 9.17) is 23.2 Å². The number of pyridine rings is 1. The number of carbonyl (C=O) groups is 1. The summed E-state index contributed by atoms with van der Waals surface area (Å²) in [7, 11) is 0. The molecule has 0 aliphatic carbocycles. The van der Waals surface area contributed by atoms with Crippen LogP contribution in [0.15, 0.2) is 54.0 Å². The summed E-state index contributed by atoms with van der Waals surface area (Å²) in [5.74, 6) is -0.674. The highest BCUT2D eigenvalue weighted by molar-refractivity contribution is 7.10. The average molecular weight is 381 g/mol. The van der Waals surface area contributed by atoms with Gasteiger partial charge in [-0.3, -0.25) is 4.79 Å². The molecule has 0 aliphatic rings. The molecule has 0 fully saturated rings. The van der Waals surface area contributed by atoms with Crippen molar-refractivity contribution in [2.75, 3.05) is 0 Å². The highest BCUT2D eigenvalue weighted by Gasteiger charge is 2.19. The van der Waals surface area contributed by atoms with Crippen molar-refractivity contribution in [3.63, 3.8) is 0 Å². The van der Waals surface area contributed by atoms with Gasteiger partial charge in [-0.25, -0.2) is 9.37 Å². The number of benzene rings is 1. The van der Waals surface area contributed by atoms with Crippen LogP contribution in [0.25, 0.3) is 0 Å². The summed E-state index contributed by atoms with van der Waals surface area (Å²) in [5, 5.41) is 5.19. The second-order valence-electron chi connectivity index (χ2n) is 4.97. The molecule has 0 saturated carbocycles. The highest BCUT2D eigenvalue weighted by atomic mass is 35.5. The molecule has 0 saturated heterocycles. The van der Waals surface area contributed by atoms with Crippen molar-refractivity contribution in [3.8, 4) is 0 Å². The quantitative estimate of drug-likeness (QED) is 0.639. The molecule has 3 aromatic rings. The van der Waals surface area contributed by atoms with Crippen LogP contribution in [-0.2, 0) is 0 Å². The number of rotatable bonds is 4. The third-order valence-corrected chi connectivity index (χ3v) is 4.99. The summed E-state index contributed by atoms with van der Waals surface area (Å²) in [6.07, 6.45) is 1.36. The minimum atomic E-state index is -0.396. The minimum Gasteiger partial charge on any atom is -0.340 e. The molecule has 1 atom stereocenters. The van der Waals surface area contributed by atoms with Gasteiger partial charge in [-0.1, -0.05) is 41.4 Å². The van der Waals surface area contributed by atoms with E-state index >= 15 is 0 Å². The van der Waals surface area contributed by atoms with E-state index in [0.29, 0.717) is 5.56 Å². The van der Waals surface area contributed by atoms with Crippen LogP contribution < -0.4 is 5.32 Å². The van der Waals surface area contributed by atoms with E-state index in [-0.39, 0.29) is 21.9 Å². The minimum absolute atomic E-state index is 0.140. The summed E-state index contributed by atoms with van der Waals surface area (Å²) in [6, 6.07) is 10.9. The van der Waals surface area contributed by atoms with Crippen molar-refractivity contribution in [2.45, 2.75) is 6.04 Å². The van der Waals surface area contributed by atoms with Gasteiger partial charge in [0.1, 0.15) is 11.0 Å². The molecule has 122 valence electrons. The van der Waals surface area contributed by atoms with Crippen molar-refractivity contribution in [1.82, 2.24) is 10.3 Å². The van der Waals surface area contributed by atoms with E-state index in [9.17, 15) is 9.18 Å². The lowest BCUT2D eigenvalue weighted by Gasteiger charge is -2.18. The van der Waals surface area contributed by atoms with E-state index < -0.39 is 6.04 Å². The Bertz CT molecular complexity index is 854. The van der Waals surface area contributed by atoms with Crippen LogP contribution in [0.5, 0.6) is 0 Å². The van der Waals surface area contributed by atoms with Gasteiger partial charge in [0.2, 0.25) is 0 Å². The first-order valence-corrected chi connectivity index (χ1v) is 8.59. The maximum atomic E-state index is 13.2. The lowest BCUT2D eigenvalue weighted by atomic mass is 10.0. The molecule has 0 spiro atoms. The second kappa shape index (κ2) is 7.30. The molecule has 1 aromatic carbocycles. The Hall–Kier alpha value is -1.95. The van der Waals surface area contributed by atoms with Crippen LogP contribution in [0.4, 0.5) is 4.39 Å². The van der Waals surface area contributed by atoms with Crippen LogP contribution in [0, 0.1) is 5.82 Å². The standard InChI is InChI=1S/C17H11Cl2FN2OS/c18-13-8-11(9-21-16(13)19)17(23)22-15(14-2-1-7-24-14)10-3-5-12(20)6-4-10/h1-9,15H,(H,22,23). The summed E-state index contributed by atoms with van der Waals surface area (Å²) in [5.41, 5.74) is 1.08. The van der Waals surface area contributed by atoms with Gasteiger partial charge in [0.15, 0.2) is 0 Å². The lowest BCUT2D eigenvalue weighted by Crippen LogP contribution is -2.29. The second-order valence-corrected chi connectivity index (χ2v) is 6.71. The van der Waals surface area contributed by atoms with Gasteiger partial charge in [-0.05, 0) is 35.2 Å². The zero-order valence-electron chi connectivity index (χ0n) is 12.2. The Labute approximate surface area is 152 Å². The molecular formula is C17H11Cl2FN2OS. The van der Waals surface area contributed by atoms with E-state index in [1.165, 1.54) is 35.7 Å². The summed E-state index contributed by atoms with van der Waals surface area (Å²) < 4.78 is 13.2. The SMILES string of the molecule is O=C(NC(c1ccc(F)cc1)c1cccs1)c1cnc(Cl)c(Cl)c1. The van der Waals surface area contributed by atoms with Gasteiger partial charge in [-0.2, -0.15) is 0 Å². The van der Waals surface area contributed by atoms with E-state index in [1.807, 2.05) is 17.5 Å². The molecular weight excluding hydrogens is 370 g/mol. The zero-order chi connectivity index (χ0) is 17.1. The fraction of sp³-hybridized carbons (Fsp3) is 0.0588. The molecule has 0 aliphatic heterocycles. The number of aromatic nitrogens is 1. The highest BCUT2D eigenvalue weighted by Crippen LogP contribution is 2.27. The fourth-order valence-corrected chi connectivity index (χ4v) is 3.26. The molecule has 3 nitrogen and oxygen atoms in total. The van der Waals surface area contributed by atoms with Gasteiger partial charge < -0.3 is 5.32 Å². The van der Waals surface area contributed by atoms with Crippen molar-refractivity contribution in [3.05, 3.63) is 86.0 Å². The molecule has 2 heterocycles. The molecule has 0 radical (unpaired) electrons. The monoisotopic (exact) mass is 380 g/mol. The Morgan fingerprint density at radius 2 is 1.96 bits per heavy atom. The summed E-state index contributed by atoms with van der Waals surface area (Å²) in [6.45, 7) is 0. The van der Waals surface area contributed by atoms with Crippen LogP contribution in [-0.4, -0.2) is 10.9 Å². The van der Waals surface area contributed by atoms with Gasteiger partial charge in [-0.15, -0.1) is 11.3 Å². The Balaban J connectivity index is 1.90. The average Bonchev–Trinajstić information content (AvgIpc) is 3.10. The predicted octanol–water partition coefficient (Wildman–Crippen LogP) is 5.11. The van der Waals surface area contributed by atoms with Crippen molar-refractivity contribution >= 4 is 40.4 Å². The van der Waals surface area contributed by atoms with Gasteiger partial charge >= 0.3 is 0 Å². The number of halogens is 3. The smallest absolute Gasteiger partial charge is 0.253 e. The fourth-order valence-electron chi connectivity index (χ4n) is 2.19. The number of nitrogens with one attached hydrogen (secondary N) is 1. The number of hydrogen-bond acceptors (Lipinski definition) is 3. The van der Waals surface area contributed by atoms with Crippen LogP contribution >= 0.6 is 34.5 Å². The Morgan fingerprint density at radius 1 is 1.21 bits per heavy atom. The van der Waals surface area contributed by atoms with Crippen molar-refractivity contribution in [2.24, 2.45) is 0 Å². The normalized spacial score (nSPS) is 12.0. The number of hydrogen-bond donors (Lipinski definition) is 1.